The normalized spacial score (nSPS) is 16.6. The fraction of sp³-hybridized carbons (Fsp3) is 0.412. The van der Waals surface area contributed by atoms with Crippen LogP contribution >= 0.6 is 0 Å². The van der Waals surface area contributed by atoms with Gasteiger partial charge in [0, 0.05) is 11.1 Å². The minimum atomic E-state index is 0.489. The fourth-order valence-corrected chi connectivity index (χ4v) is 3.42. The quantitative estimate of drug-likeness (QED) is 0.908. The van der Waals surface area contributed by atoms with Gasteiger partial charge in [-0.3, -0.25) is 0 Å². The second-order valence-corrected chi connectivity index (χ2v) is 5.36. The molecule has 3 heteroatoms. The maximum absolute atomic E-state index is 5.68. The summed E-state index contributed by atoms with van der Waals surface area (Å²) in [6, 6.07) is 8.41. The molecule has 2 aromatic rings. The van der Waals surface area contributed by atoms with Gasteiger partial charge in [-0.1, -0.05) is 12.1 Å². The van der Waals surface area contributed by atoms with Crippen LogP contribution in [0, 0.1) is 0 Å². The topological polar surface area (TPSA) is 44.5 Å². The summed E-state index contributed by atoms with van der Waals surface area (Å²) in [5.41, 5.74) is 8.34. The first-order valence-corrected chi connectivity index (χ1v) is 7.16. The van der Waals surface area contributed by atoms with Crippen LogP contribution in [0.15, 0.2) is 24.3 Å². The molecule has 0 bridgehead atoms. The Morgan fingerprint density at radius 1 is 1.10 bits per heavy atom. The van der Waals surface area contributed by atoms with Gasteiger partial charge >= 0.3 is 0 Å². The number of hydrogen-bond donors (Lipinski definition) is 1. The van der Waals surface area contributed by atoms with Crippen LogP contribution in [0.2, 0.25) is 0 Å². The van der Waals surface area contributed by atoms with Crippen molar-refractivity contribution < 1.29 is 9.47 Å². The van der Waals surface area contributed by atoms with E-state index < -0.39 is 0 Å². The summed E-state index contributed by atoms with van der Waals surface area (Å²) in [5.74, 6) is 2.47. The minimum absolute atomic E-state index is 0.489. The first-order chi connectivity index (χ1) is 9.80. The molecule has 1 aliphatic rings. The van der Waals surface area contributed by atoms with E-state index >= 15 is 0 Å². The Balaban J connectivity index is 2.19. The van der Waals surface area contributed by atoms with E-state index in [1.54, 1.807) is 14.2 Å². The van der Waals surface area contributed by atoms with E-state index in [1.165, 1.54) is 21.9 Å². The van der Waals surface area contributed by atoms with Crippen LogP contribution in [0.3, 0.4) is 0 Å². The molecule has 3 rings (SSSR count). The molecule has 0 heterocycles. The van der Waals surface area contributed by atoms with Crippen LogP contribution in [-0.4, -0.2) is 20.8 Å². The molecule has 0 amide bonds. The highest BCUT2D eigenvalue weighted by atomic mass is 16.5. The first kappa shape index (κ1) is 13.3. The molecule has 0 saturated heterocycles. The Morgan fingerprint density at radius 3 is 2.45 bits per heavy atom. The van der Waals surface area contributed by atoms with Crippen molar-refractivity contribution in [2.75, 3.05) is 20.8 Å². The summed E-state index contributed by atoms with van der Waals surface area (Å²) in [6.07, 6.45) is 3.17. The zero-order valence-electron chi connectivity index (χ0n) is 12.1. The van der Waals surface area contributed by atoms with Crippen LogP contribution in [0.1, 0.15) is 29.9 Å². The summed E-state index contributed by atoms with van der Waals surface area (Å²) in [6.45, 7) is 0.738. The number of methoxy groups -OCH3 is 2. The van der Waals surface area contributed by atoms with Crippen molar-refractivity contribution in [1.82, 2.24) is 0 Å². The maximum atomic E-state index is 5.68. The van der Waals surface area contributed by atoms with Gasteiger partial charge < -0.3 is 15.2 Å². The predicted molar refractivity (Wildman–Crippen MR) is 81.8 cm³/mol. The number of benzene rings is 2. The number of hydrogen-bond acceptors (Lipinski definition) is 3. The fourth-order valence-electron chi connectivity index (χ4n) is 3.42. The lowest BCUT2D eigenvalue weighted by atomic mass is 9.94. The summed E-state index contributed by atoms with van der Waals surface area (Å²) < 4.78 is 11.1. The zero-order valence-corrected chi connectivity index (χ0v) is 12.1. The third-order valence-corrected chi connectivity index (χ3v) is 4.31. The molecule has 0 radical (unpaired) electrons. The lowest BCUT2D eigenvalue weighted by Gasteiger charge is -2.14. The van der Waals surface area contributed by atoms with Crippen molar-refractivity contribution >= 4 is 10.8 Å². The Morgan fingerprint density at radius 2 is 1.80 bits per heavy atom. The van der Waals surface area contributed by atoms with Crippen molar-refractivity contribution in [2.24, 2.45) is 5.73 Å². The molecular weight excluding hydrogens is 250 g/mol. The summed E-state index contributed by atoms with van der Waals surface area (Å²) in [7, 11) is 3.49. The van der Waals surface area contributed by atoms with Crippen molar-refractivity contribution in [1.29, 1.82) is 0 Å². The largest absolute Gasteiger partial charge is 0.496 e. The van der Waals surface area contributed by atoms with Gasteiger partial charge in [0.2, 0.25) is 0 Å². The van der Waals surface area contributed by atoms with E-state index in [0.29, 0.717) is 5.92 Å². The van der Waals surface area contributed by atoms with Gasteiger partial charge in [0.1, 0.15) is 11.5 Å². The van der Waals surface area contributed by atoms with Crippen molar-refractivity contribution in [3.8, 4) is 11.5 Å². The highest BCUT2D eigenvalue weighted by Crippen LogP contribution is 2.48. The highest BCUT2D eigenvalue weighted by molar-refractivity contribution is 5.95. The Kier molecular flexibility index (Phi) is 3.53. The van der Waals surface area contributed by atoms with Gasteiger partial charge in [-0.25, -0.2) is 0 Å². The van der Waals surface area contributed by atoms with Crippen LogP contribution in [0.25, 0.3) is 10.8 Å². The van der Waals surface area contributed by atoms with Crippen LogP contribution in [0.4, 0.5) is 0 Å². The van der Waals surface area contributed by atoms with Crippen LogP contribution in [0.5, 0.6) is 11.5 Å². The molecule has 0 spiro atoms. The van der Waals surface area contributed by atoms with Gasteiger partial charge in [-0.15, -0.1) is 0 Å². The summed E-state index contributed by atoms with van der Waals surface area (Å²) in [5, 5.41) is 2.59. The average Bonchev–Trinajstić information content (AvgIpc) is 2.87. The number of ether oxygens (including phenoxy) is 2. The van der Waals surface area contributed by atoms with Gasteiger partial charge in [0.15, 0.2) is 0 Å². The third kappa shape index (κ3) is 1.93. The second kappa shape index (κ2) is 5.33. The number of rotatable bonds is 5. The molecule has 0 aliphatic heterocycles. The van der Waals surface area contributed by atoms with Gasteiger partial charge in [-0.05, 0) is 54.6 Å². The predicted octanol–water partition coefficient (Wildman–Crippen LogP) is 3.24. The molecule has 106 valence electrons. The highest BCUT2D eigenvalue weighted by Gasteiger charge is 2.29. The first-order valence-electron chi connectivity index (χ1n) is 7.16. The van der Waals surface area contributed by atoms with Crippen LogP contribution in [-0.2, 0) is 6.42 Å². The zero-order chi connectivity index (χ0) is 14.1. The molecule has 20 heavy (non-hydrogen) atoms. The molecule has 2 aromatic carbocycles. The van der Waals surface area contributed by atoms with E-state index in [2.05, 4.69) is 24.3 Å². The van der Waals surface area contributed by atoms with E-state index in [1.807, 2.05) is 0 Å². The Hall–Kier alpha value is -1.74. The van der Waals surface area contributed by atoms with Gasteiger partial charge in [-0.2, -0.15) is 0 Å². The number of nitrogens with two attached hydrogens (primary N) is 1. The monoisotopic (exact) mass is 271 g/mol. The lowest BCUT2D eigenvalue weighted by Crippen LogP contribution is -2.04. The standard InChI is InChI=1S/C17H21NO2/c1-19-14-7-5-11-6-8-15(20-2)17-12(4-3-9-18)10-13(14)16(11)17/h5-8,12H,3-4,9-10,18H2,1-2H3. The maximum Gasteiger partial charge on any atom is 0.122 e. The molecule has 0 saturated carbocycles. The lowest BCUT2D eigenvalue weighted by molar-refractivity contribution is 0.403. The smallest absolute Gasteiger partial charge is 0.122 e. The van der Waals surface area contributed by atoms with Gasteiger partial charge in [0.25, 0.3) is 0 Å². The third-order valence-electron chi connectivity index (χ3n) is 4.31. The average molecular weight is 271 g/mol. The van der Waals surface area contributed by atoms with Gasteiger partial charge in [0.05, 0.1) is 14.2 Å². The molecule has 0 aromatic heterocycles. The molecule has 2 N–H and O–H groups in total. The summed E-state index contributed by atoms with van der Waals surface area (Å²) in [4.78, 5) is 0. The van der Waals surface area contributed by atoms with E-state index in [-0.39, 0.29) is 0 Å². The Labute approximate surface area is 119 Å². The van der Waals surface area contributed by atoms with Crippen molar-refractivity contribution in [3.63, 3.8) is 0 Å². The molecule has 1 aliphatic carbocycles. The van der Waals surface area contributed by atoms with E-state index in [4.69, 9.17) is 15.2 Å². The molecule has 0 fully saturated rings. The molecule has 1 unspecified atom stereocenters. The van der Waals surface area contributed by atoms with Crippen LogP contribution < -0.4 is 15.2 Å². The molecule has 1 atom stereocenters. The van der Waals surface area contributed by atoms with Crippen molar-refractivity contribution in [3.05, 3.63) is 35.4 Å². The minimum Gasteiger partial charge on any atom is -0.496 e. The molecular formula is C17H21NO2. The molecule has 3 nitrogen and oxygen atoms in total. The van der Waals surface area contributed by atoms with Crippen molar-refractivity contribution in [2.45, 2.75) is 25.2 Å². The van der Waals surface area contributed by atoms with E-state index in [9.17, 15) is 0 Å². The SMILES string of the molecule is COc1ccc2ccc(OC)c3c2c1CC3CCCN. The van der Waals surface area contributed by atoms with E-state index in [0.717, 1.165) is 37.3 Å². The Bertz CT molecular complexity index is 631. The summed E-state index contributed by atoms with van der Waals surface area (Å²) >= 11 is 0. The second-order valence-electron chi connectivity index (χ2n) is 5.36.